The summed E-state index contributed by atoms with van der Waals surface area (Å²) in [4.78, 5) is 14.7. The third kappa shape index (κ3) is 5.84. The van der Waals surface area contributed by atoms with Gasteiger partial charge in [-0.15, -0.1) is 5.10 Å². The highest BCUT2D eigenvalue weighted by Crippen LogP contribution is 2.32. The molecule has 152 valence electrons. The summed E-state index contributed by atoms with van der Waals surface area (Å²) in [5.41, 5.74) is 1.92. The first-order chi connectivity index (χ1) is 14.1. The smallest absolute Gasteiger partial charge is 0.242 e. The first kappa shape index (κ1) is 21.4. The van der Waals surface area contributed by atoms with Gasteiger partial charge < -0.3 is 4.74 Å². The summed E-state index contributed by atoms with van der Waals surface area (Å²) >= 11 is 7.41. The van der Waals surface area contributed by atoms with Crippen molar-refractivity contribution in [3.63, 3.8) is 0 Å². The van der Waals surface area contributed by atoms with Gasteiger partial charge in [-0.2, -0.15) is 5.10 Å². The Kier molecular flexibility index (Phi) is 7.72. The zero-order chi connectivity index (χ0) is 20.6. The van der Waals surface area contributed by atoms with Gasteiger partial charge in [0.25, 0.3) is 0 Å². The highest BCUT2D eigenvalue weighted by Gasteiger charge is 2.37. The first-order valence-electron chi connectivity index (χ1n) is 9.58. The number of nitrogens with zero attached hydrogens (tertiary/aromatic N) is 3. The van der Waals surface area contributed by atoms with Gasteiger partial charge in [0.2, 0.25) is 5.91 Å². The Morgan fingerprint density at radius 3 is 2.55 bits per heavy atom. The summed E-state index contributed by atoms with van der Waals surface area (Å²) in [6.45, 7) is 2.60. The summed E-state index contributed by atoms with van der Waals surface area (Å²) < 4.78 is 5.21. The lowest BCUT2D eigenvalue weighted by Gasteiger charge is -2.16. The van der Waals surface area contributed by atoms with Gasteiger partial charge in [0.15, 0.2) is 5.17 Å². The number of rotatable bonds is 8. The number of hydrogen-bond acceptors (Lipinski definition) is 5. The molecule has 3 rings (SSSR count). The summed E-state index contributed by atoms with van der Waals surface area (Å²) in [6, 6.07) is 15.1. The molecule has 0 aliphatic carbocycles. The van der Waals surface area contributed by atoms with Crippen molar-refractivity contribution in [2.24, 2.45) is 10.2 Å². The van der Waals surface area contributed by atoms with Crippen LogP contribution in [0.1, 0.15) is 37.3 Å². The summed E-state index contributed by atoms with van der Waals surface area (Å²) in [7, 11) is 1.64. The Morgan fingerprint density at radius 2 is 1.90 bits per heavy atom. The number of amidine groups is 1. The minimum Gasteiger partial charge on any atom is -0.497 e. The molecule has 1 fully saturated rings. The first-order valence-corrected chi connectivity index (χ1v) is 10.8. The number of benzene rings is 2. The van der Waals surface area contributed by atoms with Crippen LogP contribution in [0.4, 0.5) is 0 Å². The van der Waals surface area contributed by atoms with E-state index in [1.807, 2.05) is 36.4 Å². The fourth-order valence-electron chi connectivity index (χ4n) is 2.91. The molecule has 0 saturated carbocycles. The Hall–Kier alpha value is -2.31. The van der Waals surface area contributed by atoms with Gasteiger partial charge in [-0.1, -0.05) is 67.4 Å². The molecule has 0 N–H and O–H groups in total. The molecule has 7 heteroatoms. The molecule has 1 saturated heterocycles. The van der Waals surface area contributed by atoms with Crippen LogP contribution in [-0.2, 0) is 11.3 Å². The maximum absolute atomic E-state index is 13.0. The minimum absolute atomic E-state index is 0.0970. The van der Waals surface area contributed by atoms with Crippen LogP contribution in [0, 0.1) is 0 Å². The molecule has 1 aliphatic rings. The zero-order valence-electron chi connectivity index (χ0n) is 16.5. The molecule has 5 nitrogen and oxygen atoms in total. The third-order valence-corrected chi connectivity index (χ3v) is 6.05. The molecule has 1 heterocycles. The average molecular weight is 430 g/mol. The zero-order valence-corrected chi connectivity index (χ0v) is 18.1. The second-order valence-electron chi connectivity index (χ2n) is 6.70. The normalized spacial score (nSPS) is 18.2. The Balaban J connectivity index is 1.78. The number of carbonyl (C=O) groups excluding carboxylic acids is 1. The molecule has 0 aromatic heterocycles. The van der Waals surface area contributed by atoms with Crippen LogP contribution in [0.3, 0.4) is 0 Å². The van der Waals surface area contributed by atoms with Crippen LogP contribution in [0.5, 0.6) is 5.75 Å². The number of hydrogen-bond donors (Lipinski definition) is 0. The third-order valence-electron chi connectivity index (χ3n) is 4.56. The van der Waals surface area contributed by atoms with Gasteiger partial charge in [0, 0.05) is 5.02 Å². The van der Waals surface area contributed by atoms with Crippen molar-refractivity contribution in [2.45, 2.75) is 38.0 Å². The van der Waals surface area contributed by atoms with Crippen molar-refractivity contribution in [1.82, 2.24) is 4.90 Å². The van der Waals surface area contributed by atoms with E-state index in [-0.39, 0.29) is 11.2 Å². The van der Waals surface area contributed by atoms with Crippen molar-refractivity contribution in [2.75, 3.05) is 7.11 Å². The topological polar surface area (TPSA) is 54.3 Å². The monoisotopic (exact) mass is 429 g/mol. The molecule has 0 bridgehead atoms. The van der Waals surface area contributed by atoms with Crippen LogP contribution in [0.2, 0.25) is 5.02 Å². The van der Waals surface area contributed by atoms with Crippen molar-refractivity contribution < 1.29 is 9.53 Å². The summed E-state index contributed by atoms with van der Waals surface area (Å²) in [5.74, 6) is 0.887. The number of thioether (sulfide) groups is 1. The second-order valence-corrected chi connectivity index (χ2v) is 8.31. The van der Waals surface area contributed by atoms with E-state index < -0.39 is 0 Å². The molecular weight excluding hydrogens is 406 g/mol. The Labute approximate surface area is 180 Å². The quantitative estimate of drug-likeness (QED) is 0.418. The van der Waals surface area contributed by atoms with Crippen LogP contribution in [0.25, 0.3) is 0 Å². The van der Waals surface area contributed by atoms with E-state index >= 15 is 0 Å². The predicted molar refractivity (Wildman–Crippen MR) is 121 cm³/mol. The maximum atomic E-state index is 13.0. The van der Waals surface area contributed by atoms with Crippen molar-refractivity contribution in [1.29, 1.82) is 0 Å². The standard InChI is InChI=1S/C22H24ClN3O2S/c1-3-4-5-20-21(27)26(15-17-8-12-19(28-2)13-9-17)22(29-20)25-24-14-16-6-10-18(23)11-7-16/h6-14,20H,3-5,15H2,1-2H3/b24-14-,25-22-/t20-/m1/s1. The lowest BCUT2D eigenvalue weighted by molar-refractivity contribution is -0.126. The van der Waals surface area contributed by atoms with Gasteiger partial charge in [-0.3, -0.25) is 9.69 Å². The molecule has 0 radical (unpaired) electrons. The van der Waals surface area contributed by atoms with Crippen molar-refractivity contribution >= 4 is 40.7 Å². The van der Waals surface area contributed by atoms with Gasteiger partial charge in [0.1, 0.15) is 5.75 Å². The number of amides is 1. The van der Waals surface area contributed by atoms with Gasteiger partial charge in [0.05, 0.1) is 25.1 Å². The van der Waals surface area contributed by atoms with Crippen molar-refractivity contribution in [3.05, 3.63) is 64.7 Å². The van der Waals surface area contributed by atoms with Crippen LogP contribution in [-0.4, -0.2) is 34.5 Å². The lowest BCUT2D eigenvalue weighted by Crippen LogP contribution is -2.31. The maximum Gasteiger partial charge on any atom is 0.242 e. The molecule has 1 amide bonds. The molecule has 0 unspecified atom stereocenters. The van der Waals surface area contributed by atoms with E-state index in [2.05, 4.69) is 17.1 Å². The van der Waals surface area contributed by atoms with Crippen molar-refractivity contribution in [3.8, 4) is 5.75 Å². The number of ether oxygens (including phenoxy) is 1. The van der Waals surface area contributed by atoms with E-state index in [1.54, 1.807) is 30.4 Å². The van der Waals surface area contributed by atoms with Gasteiger partial charge in [-0.05, 0) is 41.8 Å². The second kappa shape index (κ2) is 10.5. The number of methoxy groups -OCH3 is 1. The fraction of sp³-hybridized carbons (Fsp3) is 0.318. The number of carbonyl (C=O) groups is 1. The van der Waals surface area contributed by atoms with Gasteiger partial charge in [-0.25, -0.2) is 0 Å². The molecule has 2 aromatic rings. The van der Waals surface area contributed by atoms with E-state index in [9.17, 15) is 4.79 Å². The number of unbranched alkanes of at least 4 members (excludes halogenated alkanes) is 1. The minimum atomic E-state index is -0.0994. The Bertz CT molecular complexity index is 882. The molecule has 0 spiro atoms. The van der Waals surface area contributed by atoms with E-state index in [4.69, 9.17) is 16.3 Å². The van der Waals surface area contributed by atoms with E-state index in [0.717, 1.165) is 36.1 Å². The predicted octanol–water partition coefficient (Wildman–Crippen LogP) is 5.37. The largest absolute Gasteiger partial charge is 0.497 e. The number of halogens is 1. The van der Waals surface area contributed by atoms with Crippen LogP contribution >= 0.6 is 23.4 Å². The van der Waals surface area contributed by atoms with Crippen LogP contribution < -0.4 is 4.74 Å². The van der Waals surface area contributed by atoms with E-state index in [1.165, 1.54) is 11.8 Å². The fourth-order valence-corrected chi connectivity index (χ4v) is 4.18. The molecular formula is C22H24ClN3O2S. The molecule has 1 atom stereocenters. The Morgan fingerprint density at radius 1 is 1.17 bits per heavy atom. The summed E-state index contributed by atoms with van der Waals surface area (Å²) in [6.07, 6.45) is 4.59. The van der Waals surface area contributed by atoms with Gasteiger partial charge >= 0.3 is 0 Å². The highest BCUT2D eigenvalue weighted by molar-refractivity contribution is 8.15. The highest BCUT2D eigenvalue weighted by atomic mass is 35.5. The SMILES string of the molecule is CCCC[C@H]1S/C(=N\N=C/c2ccc(Cl)cc2)N(Cc2ccc(OC)cc2)C1=O. The molecule has 2 aromatic carbocycles. The van der Waals surface area contributed by atoms with E-state index in [0.29, 0.717) is 16.7 Å². The van der Waals surface area contributed by atoms with Crippen LogP contribution in [0.15, 0.2) is 58.7 Å². The summed E-state index contributed by atoms with van der Waals surface area (Å²) in [5, 5.41) is 9.78. The molecule has 1 aliphatic heterocycles. The lowest BCUT2D eigenvalue weighted by atomic mass is 10.1. The molecule has 29 heavy (non-hydrogen) atoms. The average Bonchev–Trinajstić information content (AvgIpc) is 3.03.